The summed E-state index contributed by atoms with van der Waals surface area (Å²) < 4.78 is 41.8. The summed E-state index contributed by atoms with van der Waals surface area (Å²) >= 11 is 0. The Morgan fingerprint density at radius 1 is 0.458 bits per heavy atom. The van der Waals surface area contributed by atoms with Crippen molar-refractivity contribution in [3.63, 3.8) is 0 Å². The summed E-state index contributed by atoms with van der Waals surface area (Å²) in [7, 11) is -5.76. The van der Waals surface area contributed by atoms with Crippen LogP contribution in [0.1, 0.15) is 72.1 Å². The van der Waals surface area contributed by atoms with Crippen molar-refractivity contribution in [1.29, 1.82) is 0 Å². The molecule has 2 N–H and O–H groups in total. The molecule has 0 spiro atoms. The van der Waals surface area contributed by atoms with Crippen molar-refractivity contribution < 1.29 is 66.7 Å². The highest BCUT2D eigenvalue weighted by molar-refractivity contribution is 6.92. The minimum Gasteiger partial charge on any atom is -0.460 e. The van der Waals surface area contributed by atoms with E-state index in [2.05, 4.69) is 151 Å². The molecule has 0 atom stereocenters. The van der Waals surface area contributed by atoms with Gasteiger partial charge in [0.1, 0.15) is 50.7 Å². The zero-order valence-corrected chi connectivity index (χ0v) is 56.5. The standard InChI is InChI=1S/C29H47NO7Si2.C27H43NO7Si2.C7H12/c1-9-20-38(5,6)24-13-15-25(16-14-24)39(7,8)21-12-17-34-18-19-35-28(33)30-29(4,22-36-26(31)10-2)23-37-27(32)11-3;1-9-24(29)34-20-27(3,21-35-25(30)10-2)28-26(31)33-18-17-32-16-11-19-37(7,8)23-14-12-22(13-15-23)36(4,5)6;1-2-7-4-3-6(1)5-7/h10-11,13-16H,2-3,9,12,17-23H2,1,4-8H3,(H,30,33);9-10,12-15H,1-2,11,16-21H2,3-8H3,(H,28,31);6-7H,1-5H2. The van der Waals surface area contributed by atoms with E-state index < -0.39 is 79.4 Å². The molecule has 2 amide bonds. The first-order valence-corrected chi connectivity index (χ1v) is 42.5. The molecule has 464 valence electrons. The Balaban J connectivity index is 0.000000503. The summed E-state index contributed by atoms with van der Waals surface area (Å²) in [5.41, 5.74) is -2.39. The first-order valence-electron chi connectivity index (χ1n) is 29.4. The van der Waals surface area contributed by atoms with E-state index in [4.69, 9.17) is 37.9 Å². The van der Waals surface area contributed by atoms with Crippen molar-refractivity contribution >= 4 is 89.1 Å². The second-order valence-electron chi connectivity index (χ2n) is 25.3. The number of fused-ring (bicyclic) bond motifs is 2. The van der Waals surface area contributed by atoms with Gasteiger partial charge in [-0.1, -0.05) is 212 Å². The normalized spacial score (nSPS) is 14.9. The number of hydrogen-bond donors (Lipinski definition) is 2. The third-order valence-corrected chi connectivity index (χ3v) is 27.9. The molecule has 2 aliphatic carbocycles. The fourth-order valence-corrected chi connectivity index (χ4v) is 18.3. The van der Waals surface area contributed by atoms with Crippen LogP contribution in [0.15, 0.2) is 99.2 Å². The molecular formula is C63H102N2O14Si4. The molecule has 2 aromatic rings. The van der Waals surface area contributed by atoms with Crippen LogP contribution in [0.4, 0.5) is 9.59 Å². The SMILES string of the molecule is C1CC2CCC1C2.C=CC(=O)OCC(C)(COC(=O)C=C)NC(=O)OCCOCCC[Si](C)(C)c1ccc([Si](C)(C)C)cc1.C=CC(=O)OCC(C)(COC(=O)C=C)NC(=O)OCCOCCC[Si](C)(C)c1ccc([Si](C)(C)CCC)cc1. The van der Waals surface area contributed by atoms with Crippen LogP contribution < -0.4 is 31.4 Å². The van der Waals surface area contributed by atoms with Gasteiger partial charge < -0.3 is 48.5 Å². The Hall–Kier alpha value is -5.39. The zero-order chi connectivity index (χ0) is 62.3. The average molecular weight is 1220 g/mol. The van der Waals surface area contributed by atoms with Crippen LogP contribution in [-0.2, 0) is 57.1 Å². The van der Waals surface area contributed by atoms with Crippen molar-refractivity contribution in [3.05, 3.63) is 99.2 Å². The number of hydrogen-bond acceptors (Lipinski definition) is 14. The number of carbonyl (C=O) groups is 6. The Kier molecular flexibility index (Phi) is 32.4. The van der Waals surface area contributed by atoms with Gasteiger partial charge in [-0.25, -0.2) is 28.8 Å². The van der Waals surface area contributed by atoms with E-state index in [1.54, 1.807) is 46.0 Å². The predicted molar refractivity (Wildman–Crippen MR) is 343 cm³/mol. The molecule has 2 aliphatic rings. The summed E-state index contributed by atoms with van der Waals surface area (Å²) in [4.78, 5) is 70.2. The van der Waals surface area contributed by atoms with Gasteiger partial charge in [0.15, 0.2) is 0 Å². The maximum atomic E-state index is 12.3. The fraction of sp³-hybridized carbons (Fsp3) is 0.587. The first kappa shape index (κ1) is 73.7. The van der Waals surface area contributed by atoms with Crippen LogP contribution in [0.5, 0.6) is 0 Å². The number of alkyl carbamates (subject to hydrolysis) is 2. The number of esters is 4. The quantitative estimate of drug-likeness (QED) is 0.0220. The van der Waals surface area contributed by atoms with Crippen molar-refractivity contribution in [2.75, 3.05) is 66.1 Å². The number of rotatable bonds is 34. The lowest BCUT2D eigenvalue weighted by Gasteiger charge is -2.29. The second-order valence-corrected chi connectivity index (χ2v) is 44.9. The summed E-state index contributed by atoms with van der Waals surface area (Å²) in [6, 6.07) is 22.1. The Morgan fingerprint density at radius 2 is 0.747 bits per heavy atom. The molecule has 0 aliphatic heterocycles. The molecule has 4 rings (SSSR count). The van der Waals surface area contributed by atoms with E-state index in [-0.39, 0.29) is 52.9 Å². The minimum absolute atomic E-state index is 0.0553. The molecule has 2 saturated carbocycles. The topological polar surface area (TPSA) is 200 Å². The zero-order valence-electron chi connectivity index (χ0n) is 52.5. The number of ether oxygens (including phenoxy) is 8. The Labute approximate surface area is 501 Å². The molecule has 83 heavy (non-hydrogen) atoms. The highest BCUT2D eigenvalue weighted by atomic mass is 28.3. The molecule has 0 radical (unpaired) electrons. The van der Waals surface area contributed by atoms with Crippen LogP contribution in [-0.4, -0.2) is 146 Å². The number of benzene rings is 2. The smallest absolute Gasteiger partial charge is 0.407 e. The van der Waals surface area contributed by atoms with Crippen LogP contribution in [0.3, 0.4) is 0 Å². The lowest BCUT2D eigenvalue weighted by molar-refractivity contribution is -0.146. The van der Waals surface area contributed by atoms with E-state index >= 15 is 0 Å². The summed E-state index contributed by atoms with van der Waals surface area (Å²) in [6.45, 7) is 41.0. The number of carbonyl (C=O) groups excluding carboxylic acids is 6. The molecule has 0 unspecified atom stereocenters. The van der Waals surface area contributed by atoms with E-state index in [0.717, 1.165) is 49.2 Å². The van der Waals surface area contributed by atoms with Crippen molar-refractivity contribution in [3.8, 4) is 0 Å². The molecule has 20 heteroatoms. The van der Waals surface area contributed by atoms with Gasteiger partial charge in [0.05, 0.1) is 45.5 Å². The molecule has 0 saturated heterocycles. The second kappa shape index (κ2) is 36.5. The van der Waals surface area contributed by atoms with Crippen LogP contribution in [0.2, 0.25) is 77.1 Å². The molecule has 2 bridgehead atoms. The first-order chi connectivity index (χ1) is 39.0. The van der Waals surface area contributed by atoms with E-state index in [0.29, 0.717) is 13.2 Å². The van der Waals surface area contributed by atoms with Gasteiger partial charge in [-0.15, -0.1) is 0 Å². The van der Waals surface area contributed by atoms with Crippen LogP contribution in [0, 0.1) is 11.8 Å². The van der Waals surface area contributed by atoms with Gasteiger partial charge >= 0.3 is 36.1 Å². The van der Waals surface area contributed by atoms with E-state index in [9.17, 15) is 28.8 Å². The van der Waals surface area contributed by atoms with Gasteiger partial charge in [0, 0.05) is 37.5 Å². The van der Waals surface area contributed by atoms with Gasteiger partial charge in [0.25, 0.3) is 0 Å². The van der Waals surface area contributed by atoms with Crippen LogP contribution >= 0.6 is 0 Å². The molecular weight excluding hydrogens is 1120 g/mol. The lowest BCUT2D eigenvalue weighted by atomic mass is 10.0. The maximum absolute atomic E-state index is 12.3. The predicted octanol–water partition coefficient (Wildman–Crippen LogP) is 9.97. The van der Waals surface area contributed by atoms with Gasteiger partial charge in [-0.05, 0) is 44.9 Å². The van der Waals surface area contributed by atoms with Crippen molar-refractivity contribution in [2.45, 2.75) is 160 Å². The summed E-state index contributed by atoms with van der Waals surface area (Å²) in [5.74, 6) is -0.323. The van der Waals surface area contributed by atoms with Gasteiger partial charge in [-0.2, -0.15) is 0 Å². The van der Waals surface area contributed by atoms with E-state index in [1.807, 2.05) is 0 Å². The van der Waals surface area contributed by atoms with Crippen molar-refractivity contribution in [2.24, 2.45) is 11.8 Å². The number of amides is 2. The van der Waals surface area contributed by atoms with Crippen molar-refractivity contribution in [1.82, 2.24) is 10.6 Å². The van der Waals surface area contributed by atoms with Gasteiger partial charge in [0.2, 0.25) is 0 Å². The molecule has 16 nitrogen and oxygen atoms in total. The molecule has 2 aromatic carbocycles. The van der Waals surface area contributed by atoms with E-state index in [1.165, 1.54) is 45.0 Å². The highest BCUT2D eigenvalue weighted by Crippen LogP contribution is 2.44. The Bertz CT molecular complexity index is 2320. The largest absolute Gasteiger partial charge is 0.460 e. The molecule has 2 fully saturated rings. The Morgan fingerprint density at radius 3 is 1.00 bits per heavy atom. The highest BCUT2D eigenvalue weighted by Gasteiger charge is 2.34. The number of nitrogens with one attached hydrogen (secondary N) is 2. The van der Waals surface area contributed by atoms with Crippen LogP contribution in [0.25, 0.3) is 0 Å². The maximum Gasteiger partial charge on any atom is 0.407 e. The average Bonchev–Trinajstić information content (AvgIpc) is 4.17. The third-order valence-electron chi connectivity index (χ3n) is 15.2. The monoisotopic (exact) mass is 1220 g/mol. The minimum atomic E-state index is -1.57. The molecule has 0 aromatic heterocycles. The molecule has 0 heterocycles. The van der Waals surface area contributed by atoms with Gasteiger partial charge in [-0.3, -0.25) is 0 Å². The summed E-state index contributed by atoms with van der Waals surface area (Å²) in [5, 5.41) is 11.1. The fourth-order valence-electron chi connectivity index (χ4n) is 9.80. The lowest BCUT2D eigenvalue weighted by Crippen LogP contribution is -2.53. The third kappa shape index (κ3) is 29.3. The summed E-state index contributed by atoms with van der Waals surface area (Å²) in [6.07, 6.45) is 13.4.